The van der Waals surface area contributed by atoms with E-state index in [9.17, 15) is 9.59 Å². The minimum absolute atomic E-state index is 0. The van der Waals surface area contributed by atoms with Crippen molar-refractivity contribution in [2.24, 2.45) is 5.41 Å². The Balaban J connectivity index is -0.000000163. The van der Waals surface area contributed by atoms with Gasteiger partial charge in [-0.2, -0.15) is 12.3 Å². The van der Waals surface area contributed by atoms with Crippen molar-refractivity contribution >= 4 is 11.9 Å². The number of carboxylic acids is 2. The summed E-state index contributed by atoms with van der Waals surface area (Å²) >= 11 is 0. The van der Waals surface area contributed by atoms with Crippen LogP contribution in [0.5, 0.6) is 0 Å². The van der Waals surface area contributed by atoms with Crippen LogP contribution in [0.25, 0.3) is 0 Å². The molecule has 14 heavy (non-hydrogen) atoms. The second-order valence-electron chi connectivity index (χ2n) is 3.62. The Bertz CT molecular complexity index is 160. The van der Waals surface area contributed by atoms with Crippen molar-refractivity contribution in [3.05, 3.63) is 6.42 Å². The number of carboxylic acid groups (broad SMARTS) is 2. The van der Waals surface area contributed by atoms with Crippen molar-refractivity contribution in [1.82, 2.24) is 0 Å². The zero-order valence-corrected chi connectivity index (χ0v) is 9.50. The van der Waals surface area contributed by atoms with Gasteiger partial charge >= 0.3 is 30.8 Å². The molecule has 0 aliphatic heterocycles. The summed E-state index contributed by atoms with van der Waals surface area (Å²) in [6.45, 7) is 8.65. The third-order valence-electron chi connectivity index (χ3n) is 1.17. The summed E-state index contributed by atoms with van der Waals surface area (Å²) in [6.07, 6.45) is 1.38. The Hall–Kier alpha value is -0.463. The molecule has 4 nitrogen and oxygen atoms in total. The Kier molecular flexibility index (Phi) is 12.5. The molecular weight excluding hydrogens is 179 g/mol. The van der Waals surface area contributed by atoms with Crippen molar-refractivity contribution in [3.63, 3.8) is 0 Å². The van der Waals surface area contributed by atoms with E-state index in [1.165, 1.54) is 0 Å². The van der Waals surface area contributed by atoms with Crippen molar-refractivity contribution < 1.29 is 38.7 Å². The molecule has 0 bridgehead atoms. The van der Waals surface area contributed by atoms with Gasteiger partial charge in [0, 0.05) is 0 Å². The van der Waals surface area contributed by atoms with Crippen LogP contribution in [0.1, 0.15) is 34.1 Å². The number of rotatable bonds is 2. The van der Waals surface area contributed by atoms with Gasteiger partial charge in [0.25, 0.3) is 0 Å². The molecule has 0 unspecified atom stereocenters. The second kappa shape index (κ2) is 9.11. The number of carbonyl (C=O) groups is 2. The fourth-order valence-corrected chi connectivity index (χ4v) is 0.129. The van der Waals surface area contributed by atoms with Gasteiger partial charge in [-0.25, -0.2) is 0 Å². The molecule has 0 radical (unpaired) electrons. The molecular formula is C9H17LiO4. The van der Waals surface area contributed by atoms with Crippen molar-refractivity contribution in [2.75, 3.05) is 0 Å². The monoisotopic (exact) mass is 196 g/mol. The molecule has 78 valence electrons. The second-order valence-corrected chi connectivity index (χ2v) is 3.62. The summed E-state index contributed by atoms with van der Waals surface area (Å²) in [7, 11) is 0. The summed E-state index contributed by atoms with van der Waals surface area (Å²) in [5, 5.41) is 15.4. The maximum absolute atomic E-state index is 9.43. The first kappa shape index (κ1) is 19.2. The molecule has 0 spiro atoms. The fourth-order valence-electron chi connectivity index (χ4n) is 0.129. The predicted molar refractivity (Wildman–Crippen MR) is 49.3 cm³/mol. The molecule has 0 aliphatic carbocycles. The van der Waals surface area contributed by atoms with Gasteiger partial charge in [0.15, 0.2) is 0 Å². The topological polar surface area (TPSA) is 74.6 Å². The van der Waals surface area contributed by atoms with Crippen LogP contribution < -0.4 is 18.9 Å². The van der Waals surface area contributed by atoms with Gasteiger partial charge in [-0.1, -0.05) is 20.8 Å². The van der Waals surface area contributed by atoms with Crippen molar-refractivity contribution in [3.8, 4) is 0 Å². The van der Waals surface area contributed by atoms with E-state index in [0.29, 0.717) is 5.41 Å². The van der Waals surface area contributed by atoms with Crippen LogP contribution in [-0.4, -0.2) is 22.2 Å². The first-order valence-corrected chi connectivity index (χ1v) is 3.93. The number of aliphatic carboxylic acids is 2. The maximum Gasteiger partial charge on any atom is 1.00 e. The van der Waals surface area contributed by atoms with Crippen molar-refractivity contribution in [1.29, 1.82) is 0 Å². The maximum atomic E-state index is 9.43. The zero-order valence-electron chi connectivity index (χ0n) is 9.50. The van der Waals surface area contributed by atoms with Gasteiger partial charge in [0.2, 0.25) is 0 Å². The van der Waals surface area contributed by atoms with Crippen LogP contribution >= 0.6 is 0 Å². The smallest absolute Gasteiger partial charge is 0.481 e. The van der Waals surface area contributed by atoms with Crippen LogP contribution in [0, 0.1) is 11.8 Å². The third-order valence-corrected chi connectivity index (χ3v) is 1.17. The molecule has 0 amide bonds. The summed E-state index contributed by atoms with van der Waals surface area (Å²) in [5.41, 5.74) is 0.417. The summed E-state index contributed by atoms with van der Waals surface area (Å²) in [5.74, 6) is -2.62. The number of hydrogen-bond acceptors (Lipinski definition) is 2. The average molecular weight is 196 g/mol. The standard InChI is InChI=1S/C6H13.C3H4O4.Li/c1-5-6(2,3)4;4-2(5)1-3(6)7;/h5H,1-4H3;1H2,(H,4,5)(H,6,7);/q-1;;+1. The molecule has 0 aromatic rings. The van der Waals surface area contributed by atoms with Crippen LogP contribution in [0.3, 0.4) is 0 Å². The molecule has 0 aliphatic rings. The van der Waals surface area contributed by atoms with E-state index < -0.39 is 18.4 Å². The van der Waals surface area contributed by atoms with E-state index in [2.05, 4.69) is 34.1 Å². The molecule has 0 atom stereocenters. The van der Waals surface area contributed by atoms with Crippen LogP contribution in [-0.2, 0) is 9.59 Å². The molecule has 0 saturated carbocycles. The zero-order chi connectivity index (χ0) is 11.1. The van der Waals surface area contributed by atoms with E-state index in [1.807, 2.05) is 0 Å². The van der Waals surface area contributed by atoms with E-state index in [1.54, 1.807) is 0 Å². The fraction of sp³-hybridized carbons (Fsp3) is 0.667. The van der Waals surface area contributed by atoms with Gasteiger partial charge in [-0.15, -0.1) is 0 Å². The Morgan fingerprint density at radius 2 is 1.36 bits per heavy atom. The van der Waals surface area contributed by atoms with Gasteiger partial charge in [0.1, 0.15) is 6.42 Å². The molecule has 5 heteroatoms. The number of hydrogen-bond donors (Lipinski definition) is 2. The minimum Gasteiger partial charge on any atom is -0.481 e. The predicted octanol–water partition coefficient (Wildman–Crippen LogP) is -1.19. The van der Waals surface area contributed by atoms with Crippen molar-refractivity contribution in [2.45, 2.75) is 34.1 Å². The molecule has 0 fully saturated rings. The van der Waals surface area contributed by atoms with Crippen LogP contribution in [0.2, 0.25) is 0 Å². The molecule has 0 aromatic heterocycles. The summed E-state index contributed by atoms with van der Waals surface area (Å²) in [6, 6.07) is 0. The largest absolute Gasteiger partial charge is 1.00 e. The van der Waals surface area contributed by atoms with E-state index in [0.717, 1.165) is 0 Å². The molecule has 0 rings (SSSR count). The first-order valence-electron chi connectivity index (χ1n) is 3.93. The van der Waals surface area contributed by atoms with Gasteiger partial charge in [0.05, 0.1) is 0 Å². The molecule has 0 saturated heterocycles. The van der Waals surface area contributed by atoms with Crippen LogP contribution in [0.15, 0.2) is 0 Å². The molecule has 0 aromatic carbocycles. The molecule has 0 heterocycles. The molecule has 2 N–H and O–H groups in total. The van der Waals surface area contributed by atoms with E-state index in [4.69, 9.17) is 10.2 Å². The van der Waals surface area contributed by atoms with Gasteiger partial charge < -0.3 is 16.6 Å². The Morgan fingerprint density at radius 3 is 1.36 bits per heavy atom. The SMILES string of the molecule is C[CH-]C(C)(C)C.O=C(O)CC(=O)O.[Li+]. The van der Waals surface area contributed by atoms with E-state index >= 15 is 0 Å². The van der Waals surface area contributed by atoms with Gasteiger partial charge in [-0.05, 0) is 0 Å². The van der Waals surface area contributed by atoms with Gasteiger partial charge in [-0.3, -0.25) is 9.59 Å². The quantitative estimate of drug-likeness (QED) is 0.331. The Labute approximate surface area is 96.9 Å². The minimum atomic E-state index is -1.31. The normalized spacial score (nSPS) is 9.14. The van der Waals surface area contributed by atoms with E-state index in [-0.39, 0.29) is 18.9 Å². The third kappa shape index (κ3) is 30.0. The van der Waals surface area contributed by atoms with Crippen LogP contribution in [0.4, 0.5) is 0 Å². The average Bonchev–Trinajstić information content (AvgIpc) is 1.84. The summed E-state index contributed by atoms with van der Waals surface area (Å²) < 4.78 is 0. The Morgan fingerprint density at radius 1 is 1.14 bits per heavy atom. The first-order chi connectivity index (χ1) is 5.69. The summed E-state index contributed by atoms with van der Waals surface area (Å²) in [4.78, 5) is 18.9.